The number of aromatic nitrogens is 3. The first kappa shape index (κ1) is 26.9. The monoisotopic (exact) mass is 545 g/mol. The molecule has 2 aliphatic rings. The molecule has 1 fully saturated rings. The van der Waals surface area contributed by atoms with Crippen molar-refractivity contribution < 1.29 is 32.9 Å². The van der Waals surface area contributed by atoms with Gasteiger partial charge in [0.25, 0.3) is 11.8 Å². The van der Waals surface area contributed by atoms with E-state index in [9.17, 15) is 28.2 Å². The van der Waals surface area contributed by atoms with Crippen molar-refractivity contribution in [3.8, 4) is 17.3 Å². The number of aliphatic hydroxyl groups is 2. The molecule has 1 aromatic carbocycles. The standard InChI is InChI=1S/C27H30F3N5O4/c1-16(2)35-23-21(25(37)33(26(35)38)11-4-12-36)34(14-17-6-8-19(28)9-7-17)22(32-23)20-5-3-10-31-24(20)39-15-18-13-27(18,29)30/h3,5-10,16,18,26,36,38H,4,11-15H2,1-2H3. The van der Waals surface area contributed by atoms with Crippen LogP contribution in [0.4, 0.5) is 19.0 Å². The van der Waals surface area contributed by atoms with E-state index in [0.717, 1.165) is 0 Å². The van der Waals surface area contributed by atoms with Gasteiger partial charge in [-0.1, -0.05) is 12.1 Å². The highest BCUT2D eigenvalue weighted by molar-refractivity contribution is 6.00. The van der Waals surface area contributed by atoms with Crippen LogP contribution in [-0.2, 0) is 6.54 Å². The molecule has 0 bridgehead atoms. The summed E-state index contributed by atoms with van der Waals surface area (Å²) >= 11 is 0. The zero-order valence-corrected chi connectivity index (χ0v) is 21.6. The number of hydrogen-bond acceptors (Lipinski definition) is 7. The van der Waals surface area contributed by atoms with Crippen LogP contribution in [-0.4, -0.2) is 73.6 Å². The number of fused-ring (bicyclic) bond motifs is 1. The van der Waals surface area contributed by atoms with Crippen LogP contribution in [0, 0.1) is 11.7 Å². The molecule has 12 heteroatoms. The summed E-state index contributed by atoms with van der Waals surface area (Å²) in [4.78, 5) is 25.7. The highest BCUT2D eigenvalue weighted by atomic mass is 19.3. The molecule has 39 heavy (non-hydrogen) atoms. The number of rotatable bonds is 10. The molecule has 0 spiro atoms. The average Bonchev–Trinajstić information content (AvgIpc) is 3.35. The number of anilines is 1. The van der Waals surface area contributed by atoms with E-state index >= 15 is 0 Å². The van der Waals surface area contributed by atoms with Crippen molar-refractivity contribution >= 4 is 11.7 Å². The molecule has 1 aliphatic heterocycles. The van der Waals surface area contributed by atoms with Crippen molar-refractivity contribution in [1.82, 2.24) is 19.4 Å². The van der Waals surface area contributed by atoms with Crippen molar-refractivity contribution in [3.05, 3.63) is 59.7 Å². The van der Waals surface area contributed by atoms with Gasteiger partial charge >= 0.3 is 0 Å². The minimum atomic E-state index is -2.76. The van der Waals surface area contributed by atoms with Crippen molar-refractivity contribution in [2.75, 3.05) is 24.7 Å². The van der Waals surface area contributed by atoms with Crippen molar-refractivity contribution in [2.45, 2.75) is 51.6 Å². The van der Waals surface area contributed by atoms with Crippen LogP contribution in [0.1, 0.15) is 42.7 Å². The Labute approximate surface area is 223 Å². The van der Waals surface area contributed by atoms with E-state index in [4.69, 9.17) is 9.72 Å². The van der Waals surface area contributed by atoms with Gasteiger partial charge in [-0.05, 0) is 50.1 Å². The first-order valence-corrected chi connectivity index (χ1v) is 12.8. The van der Waals surface area contributed by atoms with E-state index in [1.54, 1.807) is 33.7 Å². The highest BCUT2D eigenvalue weighted by Gasteiger charge is 2.57. The van der Waals surface area contributed by atoms with Gasteiger partial charge in [-0.2, -0.15) is 0 Å². The smallest absolute Gasteiger partial charge is 0.277 e. The predicted octanol–water partition coefficient (Wildman–Crippen LogP) is 3.50. The Balaban J connectivity index is 1.64. The molecule has 2 N–H and O–H groups in total. The molecule has 9 nitrogen and oxygen atoms in total. The van der Waals surface area contributed by atoms with Gasteiger partial charge in [0.1, 0.15) is 11.6 Å². The van der Waals surface area contributed by atoms with E-state index in [-0.39, 0.29) is 68.4 Å². The Morgan fingerprint density at radius 3 is 2.56 bits per heavy atom. The summed E-state index contributed by atoms with van der Waals surface area (Å²) in [6.07, 6.45) is 0.167. The first-order chi connectivity index (χ1) is 18.6. The Bertz CT molecular complexity index is 1350. The number of benzene rings is 1. The summed E-state index contributed by atoms with van der Waals surface area (Å²) < 4.78 is 48.0. The maximum absolute atomic E-state index is 13.8. The Morgan fingerprint density at radius 1 is 1.21 bits per heavy atom. The molecule has 1 aliphatic carbocycles. The third-order valence-electron chi connectivity index (χ3n) is 6.94. The van der Waals surface area contributed by atoms with Crippen LogP contribution in [0.5, 0.6) is 5.88 Å². The third kappa shape index (κ3) is 5.18. The van der Waals surface area contributed by atoms with Gasteiger partial charge in [-0.25, -0.2) is 23.1 Å². The molecule has 1 amide bonds. The number of carbonyl (C=O) groups is 1. The summed E-state index contributed by atoms with van der Waals surface area (Å²) in [5.41, 5.74) is 1.25. The molecule has 5 rings (SSSR count). The van der Waals surface area contributed by atoms with E-state index in [1.165, 1.54) is 23.2 Å². The Hall–Kier alpha value is -3.64. The molecule has 208 valence electrons. The lowest BCUT2D eigenvalue weighted by Crippen LogP contribution is -2.58. The molecule has 2 aromatic heterocycles. The molecule has 3 aromatic rings. The van der Waals surface area contributed by atoms with E-state index < -0.39 is 29.9 Å². The van der Waals surface area contributed by atoms with Gasteiger partial charge in [-0.15, -0.1) is 0 Å². The number of amides is 1. The second kappa shape index (κ2) is 10.5. The first-order valence-electron chi connectivity index (χ1n) is 12.8. The van der Waals surface area contributed by atoms with E-state index in [1.807, 2.05) is 13.8 Å². The van der Waals surface area contributed by atoms with Gasteiger partial charge in [0.2, 0.25) is 12.2 Å². The SMILES string of the molecule is CC(C)N1c2nc(-c3cccnc3OCC3CC3(F)F)n(Cc3ccc(F)cc3)c2C(=O)N(CCCO)C1O. The molecule has 2 atom stereocenters. The largest absolute Gasteiger partial charge is 0.477 e. The zero-order chi connectivity index (χ0) is 27.9. The van der Waals surface area contributed by atoms with Gasteiger partial charge in [0, 0.05) is 38.4 Å². The number of alkyl halides is 2. The second-order valence-electron chi connectivity index (χ2n) is 10.1. The number of aliphatic hydroxyl groups excluding tert-OH is 2. The summed E-state index contributed by atoms with van der Waals surface area (Å²) in [7, 11) is 0. The number of carbonyl (C=O) groups excluding carboxylic acids is 1. The van der Waals surface area contributed by atoms with Crippen LogP contribution in [0.15, 0.2) is 42.6 Å². The zero-order valence-electron chi connectivity index (χ0n) is 21.6. The molecular weight excluding hydrogens is 515 g/mol. The normalized spacial score (nSPS) is 19.9. The quantitative estimate of drug-likeness (QED) is 0.402. The Kier molecular flexibility index (Phi) is 7.25. The summed E-state index contributed by atoms with van der Waals surface area (Å²) in [6.45, 7) is 3.53. The van der Waals surface area contributed by atoms with E-state index in [2.05, 4.69) is 4.98 Å². The lowest BCUT2D eigenvalue weighted by atomic mass is 10.1. The van der Waals surface area contributed by atoms with Gasteiger partial charge in [0.15, 0.2) is 11.5 Å². The second-order valence-corrected chi connectivity index (χ2v) is 10.1. The fourth-order valence-electron chi connectivity index (χ4n) is 4.74. The minimum absolute atomic E-state index is 0.0872. The average molecular weight is 546 g/mol. The van der Waals surface area contributed by atoms with E-state index in [0.29, 0.717) is 11.1 Å². The summed E-state index contributed by atoms with van der Waals surface area (Å²) in [5, 5.41) is 20.5. The maximum Gasteiger partial charge on any atom is 0.277 e. The highest BCUT2D eigenvalue weighted by Crippen LogP contribution is 2.49. The number of hydrogen-bond donors (Lipinski definition) is 2. The lowest BCUT2D eigenvalue weighted by Gasteiger charge is -2.42. The fourth-order valence-corrected chi connectivity index (χ4v) is 4.74. The molecular formula is C27H30F3N5O4. The molecule has 0 saturated heterocycles. The van der Waals surface area contributed by atoms with Crippen LogP contribution in [0.2, 0.25) is 0 Å². The maximum atomic E-state index is 13.8. The van der Waals surface area contributed by atoms with Gasteiger partial charge in [0.05, 0.1) is 18.1 Å². The lowest BCUT2D eigenvalue weighted by molar-refractivity contribution is -0.00460. The van der Waals surface area contributed by atoms with Crippen molar-refractivity contribution in [1.29, 1.82) is 0 Å². The van der Waals surface area contributed by atoms with Crippen molar-refractivity contribution in [3.63, 3.8) is 0 Å². The fraction of sp³-hybridized carbons (Fsp3) is 0.444. The number of pyridine rings is 1. The number of halogens is 3. The Morgan fingerprint density at radius 2 is 1.92 bits per heavy atom. The molecule has 3 heterocycles. The van der Waals surface area contributed by atoms with Crippen LogP contribution in [0.3, 0.4) is 0 Å². The van der Waals surface area contributed by atoms with Crippen LogP contribution in [0.25, 0.3) is 11.4 Å². The number of ether oxygens (including phenoxy) is 1. The summed E-state index contributed by atoms with van der Waals surface area (Å²) in [5.74, 6) is -3.95. The minimum Gasteiger partial charge on any atom is -0.477 e. The van der Waals surface area contributed by atoms with Gasteiger partial charge in [-0.3, -0.25) is 9.69 Å². The molecule has 1 saturated carbocycles. The van der Waals surface area contributed by atoms with Crippen LogP contribution < -0.4 is 9.64 Å². The number of nitrogens with zero attached hydrogens (tertiary/aromatic N) is 5. The third-order valence-corrected chi connectivity index (χ3v) is 6.94. The molecule has 2 unspecified atom stereocenters. The topological polar surface area (TPSA) is 104 Å². The van der Waals surface area contributed by atoms with Gasteiger partial charge < -0.3 is 24.4 Å². The van der Waals surface area contributed by atoms with Crippen LogP contribution >= 0.6 is 0 Å². The molecule has 0 radical (unpaired) electrons. The predicted molar refractivity (Wildman–Crippen MR) is 136 cm³/mol. The van der Waals surface area contributed by atoms with Crippen molar-refractivity contribution in [2.24, 2.45) is 5.92 Å². The summed E-state index contributed by atoms with van der Waals surface area (Å²) in [6, 6.07) is 8.85. The number of imidazole rings is 1.